The molecule has 0 saturated carbocycles. The lowest BCUT2D eigenvalue weighted by Gasteiger charge is -2.25. The number of unbranched alkanes of at least 4 members (excludes halogenated alkanes) is 26. The summed E-state index contributed by atoms with van der Waals surface area (Å²) in [7, 11) is 1.53. The molecule has 432 valence electrons. The quantitative estimate of drug-likeness (QED) is 0.0243. The zero-order chi connectivity index (χ0) is 54.9. The molecule has 1 amide bonds. The van der Waals surface area contributed by atoms with Gasteiger partial charge in [-0.1, -0.05) is 258 Å². The fourth-order valence-electron chi connectivity index (χ4n) is 8.43. The summed E-state index contributed by atoms with van der Waals surface area (Å²) in [6.45, 7) is 4.68. The fourth-order valence-corrected chi connectivity index (χ4v) is 9.17. The number of aliphatic hydroxyl groups excluding tert-OH is 1. The number of nitrogens with zero attached hydrogens (tertiary/aromatic N) is 1. The lowest BCUT2D eigenvalue weighted by Crippen LogP contribution is -2.45. The van der Waals surface area contributed by atoms with E-state index >= 15 is 0 Å². The highest BCUT2D eigenvalue weighted by Gasteiger charge is 2.27. The monoisotopic (exact) mass is 1070 g/mol. The van der Waals surface area contributed by atoms with E-state index < -0.39 is 20.0 Å². The van der Waals surface area contributed by atoms with Gasteiger partial charge in [0, 0.05) is 6.42 Å². The number of carbonyl (C=O) groups excluding carboxylic acids is 1. The smallest absolute Gasteiger partial charge is 0.387 e. The van der Waals surface area contributed by atoms with E-state index in [0.29, 0.717) is 17.4 Å². The molecular weight excluding hydrogens is 948 g/mol. The highest BCUT2D eigenvalue weighted by atomic mass is 31.2. The lowest BCUT2D eigenvalue weighted by atomic mass is 10.0. The van der Waals surface area contributed by atoms with Gasteiger partial charge in [-0.25, -0.2) is 4.57 Å². The zero-order valence-electron chi connectivity index (χ0n) is 49.3. The fraction of sp³-hybridized carbons (Fsp3) is 0.712. The number of amides is 1. The Morgan fingerprint density at radius 1 is 0.467 bits per heavy atom. The van der Waals surface area contributed by atoms with Gasteiger partial charge >= 0.3 is 7.82 Å². The Morgan fingerprint density at radius 3 is 1.23 bits per heavy atom. The Bertz CT molecular complexity index is 1590. The minimum atomic E-state index is -4.37. The lowest BCUT2D eigenvalue weighted by molar-refractivity contribution is -0.870. The second-order valence-electron chi connectivity index (χ2n) is 21.7. The number of likely N-dealkylation sites (N-methyl/N-ethyl adjacent to an activating group) is 1. The van der Waals surface area contributed by atoms with Crippen molar-refractivity contribution >= 4 is 13.7 Å². The van der Waals surface area contributed by atoms with E-state index in [1.165, 1.54) is 141 Å². The van der Waals surface area contributed by atoms with E-state index in [1.54, 1.807) is 6.08 Å². The molecule has 0 radical (unpaired) electrons. The maximum Gasteiger partial charge on any atom is 0.472 e. The standard InChI is InChI=1S/C66H117N2O6P/c1-6-8-10-12-14-16-18-20-22-24-26-28-30-32-33-34-35-36-38-40-42-44-46-48-50-52-54-56-58-60-66(70)67-64(63-74-75(71,72)73-62-61-68(3,4)5)65(69)59-57-55-53-51-49-47-45-43-41-39-37-31-29-27-25-23-21-19-17-15-13-11-9-7-2/h8,10,14,16,20,22,26,28,32-33,35-36,41,43,49,51,57,59,64-65,69H,6-7,9,11-13,15,17-19,21,23-25,27,29-31,34,37-40,42,44-48,50,52-56,58,60-63H2,1-5H3,(H-,67,70,71,72)/p+1/b10-8-,16-14-,22-20-,28-26-,33-32-,36-35-,43-41+,51-49+,59-57+. The second-order valence-corrected chi connectivity index (χ2v) is 23.1. The first-order valence-electron chi connectivity index (χ1n) is 30.8. The maximum absolute atomic E-state index is 13.0. The zero-order valence-corrected chi connectivity index (χ0v) is 50.1. The predicted octanol–water partition coefficient (Wildman–Crippen LogP) is 19.2. The molecule has 0 aromatic rings. The number of aliphatic hydroxyl groups is 1. The molecule has 3 N–H and O–H groups in total. The van der Waals surface area contributed by atoms with Crippen molar-refractivity contribution in [3.63, 3.8) is 0 Å². The average molecular weight is 1070 g/mol. The van der Waals surface area contributed by atoms with Crippen molar-refractivity contribution in [3.8, 4) is 0 Å². The van der Waals surface area contributed by atoms with Crippen molar-refractivity contribution in [2.45, 2.75) is 264 Å². The van der Waals surface area contributed by atoms with Gasteiger partial charge in [-0.3, -0.25) is 13.8 Å². The Kier molecular flexibility index (Phi) is 53.8. The van der Waals surface area contributed by atoms with E-state index in [0.717, 1.165) is 89.9 Å². The Hall–Kier alpha value is -2.84. The van der Waals surface area contributed by atoms with Crippen LogP contribution in [0.4, 0.5) is 0 Å². The average Bonchev–Trinajstić information content (AvgIpc) is 3.37. The van der Waals surface area contributed by atoms with Gasteiger partial charge in [0.05, 0.1) is 39.9 Å². The van der Waals surface area contributed by atoms with Crippen LogP contribution in [0.25, 0.3) is 0 Å². The molecule has 0 aromatic heterocycles. The third-order valence-corrected chi connectivity index (χ3v) is 14.2. The van der Waals surface area contributed by atoms with E-state index in [1.807, 2.05) is 27.2 Å². The molecular formula is C66H118N2O6P+. The highest BCUT2D eigenvalue weighted by Crippen LogP contribution is 2.43. The van der Waals surface area contributed by atoms with E-state index in [-0.39, 0.29) is 19.1 Å². The van der Waals surface area contributed by atoms with Crippen molar-refractivity contribution in [3.05, 3.63) is 109 Å². The summed E-state index contributed by atoms with van der Waals surface area (Å²) in [5, 5.41) is 13.9. The number of phosphoric acid groups is 1. The number of phosphoric ester groups is 1. The molecule has 0 aliphatic carbocycles. The minimum absolute atomic E-state index is 0.0475. The highest BCUT2D eigenvalue weighted by molar-refractivity contribution is 7.47. The van der Waals surface area contributed by atoms with Gasteiger partial charge in [0.25, 0.3) is 0 Å². The molecule has 0 aliphatic heterocycles. The normalized spacial score (nSPS) is 14.6. The molecule has 75 heavy (non-hydrogen) atoms. The van der Waals surface area contributed by atoms with Crippen LogP contribution in [0.15, 0.2) is 109 Å². The molecule has 0 spiro atoms. The van der Waals surface area contributed by atoms with Gasteiger partial charge in [-0.15, -0.1) is 0 Å². The van der Waals surface area contributed by atoms with E-state index in [2.05, 4.69) is 116 Å². The summed E-state index contributed by atoms with van der Waals surface area (Å²) >= 11 is 0. The molecule has 0 aromatic carbocycles. The number of hydrogen-bond acceptors (Lipinski definition) is 5. The topological polar surface area (TPSA) is 105 Å². The number of nitrogens with one attached hydrogen (secondary N) is 1. The molecule has 3 atom stereocenters. The van der Waals surface area contributed by atoms with E-state index in [4.69, 9.17) is 9.05 Å². The predicted molar refractivity (Wildman–Crippen MR) is 327 cm³/mol. The number of hydrogen-bond donors (Lipinski definition) is 3. The van der Waals surface area contributed by atoms with Crippen LogP contribution in [-0.2, 0) is 18.4 Å². The van der Waals surface area contributed by atoms with Gasteiger partial charge in [0.1, 0.15) is 13.2 Å². The molecule has 3 unspecified atom stereocenters. The van der Waals surface area contributed by atoms with Crippen molar-refractivity contribution in [2.75, 3.05) is 40.9 Å². The summed E-state index contributed by atoms with van der Waals surface area (Å²) in [6.07, 6.45) is 82.0. The van der Waals surface area contributed by atoms with Crippen LogP contribution in [0, 0.1) is 0 Å². The maximum atomic E-state index is 13.0. The van der Waals surface area contributed by atoms with Crippen LogP contribution in [0.5, 0.6) is 0 Å². The molecule has 8 nitrogen and oxygen atoms in total. The van der Waals surface area contributed by atoms with Crippen LogP contribution < -0.4 is 5.32 Å². The largest absolute Gasteiger partial charge is 0.472 e. The molecule has 0 aliphatic rings. The number of allylic oxidation sites excluding steroid dienone is 17. The van der Waals surface area contributed by atoms with Crippen LogP contribution >= 0.6 is 7.82 Å². The Morgan fingerprint density at radius 2 is 0.813 bits per heavy atom. The first kappa shape index (κ1) is 72.2. The summed E-state index contributed by atoms with van der Waals surface area (Å²) in [6, 6.07) is -0.881. The van der Waals surface area contributed by atoms with Crippen LogP contribution in [0.3, 0.4) is 0 Å². The third kappa shape index (κ3) is 58.7. The molecule has 0 saturated heterocycles. The number of rotatable bonds is 55. The summed E-state index contributed by atoms with van der Waals surface area (Å²) in [5.74, 6) is -0.199. The molecule has 9 heteroatoms. The van der Waals surface area contributed by atoms with Crippen LogP contribution in [0.2, 0.25) is 0 Å². The van der Waals surface area contributed by atoms with Gasteiger partial charge in [-0.2, -0.15) is 0 Å². The van der Waals surface area contributed by atoms with Gasteiger partial charge < -0.3 is 19.8 Å². The number of carbonyl (C=O) groups is 1. The SMILES string of the molecule is CC/C=C\C/C=C\C/C=C\C/C=C\C/C=C\C/C=C\CCCCCCCCCCCCC(=O)NC(COP(=O)(O)OCC[N+](C)(C)C)C(O)/C=C/CC/C=C/CC/C=C/CCCCCCCCCCCCCCCC. The first-order valence-corrected chi connectivity index (χ1v) is 32.3. The third-order valence-electron chi connectivity index (χ3n) is 13.2. The first-order chi connectivity index (χ1) is 36.5. The van der Waals surface area contributed by atoms with Crippen molar-refractivity contribution in [1.82, 2.24) is 5.32 Å². The molecule has 0 rings (SSSR count). The summed E-state index contributed by atoms with van der Waals surface area (Å²) in [4.78, 5) is 23.3. The summed E-state index contributed by atoms with van der Waals surface area (Å²) in [5.41, 5.74) is 0. The van der Waals surface area contributed by atoms with Gasteiger partial charge in [0.2, 0.25) is 5.91 Å². The Balaban J connectivity index is 4.27. The molecule has 0 bridgehead atoms. The van der Waals surface area contributed by atoms with Gasteiger partial charge in [-0.05, 0) is 96.3 Å². The number of quaternary nitrogens is 1. The minimum Gasteiger partial charge on any atom is -0.387 e. The van der Waals surface area contributed by atoms with Crippen LogP contribution in [-0.4, -0.2) is 73.4 Å². The molecule has 0 heterocycles. The Labute approximate surface area is 463 Å². The van der Waals surface area contributed by atoms with Gasteiger partial charge in [0.15, 0.2) is 0 Å². The summed E-state index contributed by atoms with van der Waals surface area (Å²) < 4.78 is 23.7. The van der Waals surface area contributed by atoms with Crippen molar-refractivity contribution < 1.29 is 32.9 Å². The molecule has 0 fully saturated rings. The van der Waals surface area contributed by atoms with E-state index in [9.17, 15) is 19.4 Å². The van der Waals surface area contributed by atoms with Crippen molar-refractivity contribution in [1.29, 1.82) is 0 Å². The van der Waals surface area contributed by atoms with Crippen LogP contribution in [0.1, 0.15) is 251 Å². The van der Waals surface area contributed by atoms with Crippen molar-refractivity contribution in [2.24, 2.45) is 0 Å². The second kappa shape index (κ2) is 55.9.